The largest absolute Gasteiger partial charge is 0.310 e. The molecule has 0 saturated heterocycles. The summed E-state index contributed by atoms with van der Waals surface area (Å²) in [6, 6.07) is 5.86. The molecular formula is C14H22ClNO2S. The van der Waals surface area contributed by atoms with Crippen LogP contribution in [0.1, 0.15) is 36.9 Å². The Hall–Kier alpha value is -0.580. The average molecular weight is 304 g/mol. The van der Waals surface area contributed by atoms with Gasteiger partial charge in [-0.3, -0.25) is 0 Å². The number of hydrogen-bond donors (Lipinski definition) is 1. The van der Waals surface area contributed by atoms with Crippen LogP contribution >= 0.6 is 11.6 Å². The number of benzene rings is 1. The van der Waals surface area contributed by atoms with Gasteiger partial charge in [0.2, 0.25) is 0 Å². The lowest BCUT2D eigenvalue weighted by molar-refractivity contribution is 0.513. The number of halogens is 1. The predicted molar refractivity (Wildman–Crippen MR) is 81.6 cm³/mol. The highest BCUT2D eigenvalue weighted by Gasteiger charge is 2.17. The molecule has 5 heteroatoms. The van der Waals surface area contributed by atoms with Crippen LogP contribution in [0.25, 0.3) is 0 Å². The summed E-state index contributed by atoms with van der Waals surface area (Å²) in [6.45, 7) is 4.89. The van der Waals surface area contributed by atoms with E-state index in [-0.39, 0.29) is 11.8 Å². The Balaban J connectivity index is 2.92. The van der Waals surface area contributed by atoms with Gasteiger partial charge in [0.25, 0.3) is 0 Å². The molecule has 1 atom stereocenters. The van der Waals surface area contributed by atoms with Crippen molar-refractivity contribution in [3.63, 3.8) is 0 Å². The number of nitrogens with one attached hydrogen (secondary N) is 1. The Morgan fingerprint density at radius 1 is 1.37 bits per heavy atom. The number of rotatable bonds is 7. The van der Waals surface area contributed by atoms with Crippen LogP contribution in [0.15, 0.2) is 18.2 Å². The van der Waals surface area contributed by atoms with Crippen LogP contribution in [-0.2, 0) is 9.84 Å². The van der Waals surface area contributed by atoms with E-state index in [9.17, 15) is 8.42 Å². The molecule has 0 amide bonds. The molecule has 0 spiro atoms. The smallest absolute Gasteiger partial charge is 0.147 e. The highest BCUT2D eigenvalue weighted by atomic mass is 35.5. The third-order valence-corrected chi connectivity index (χ3v) is 4.51. The lowest BCUT2D eigenvalue weighted by atomic mass is 10.0. The average Bonchev–Trinajstić information content (AvgIpc) is 2.32. The molecule has 3 nitrogen and oxygen atoms in total. The van der Waals surface area contributed by atoms with Crippen molar-refractivity contribution in [2.24, 2.45) is 0 Å². The van der Waals surface area contributed by atoms with Gasteiger partial charge < -0.3 is 5.32 Å². The van der Waals surface area contributed by atoms with Gasteiger partial charge in [0.15, 0.2) is 0 Å². The normalized spacial score (nSPS) is 13.5. The number of hydrogen-bond acceptors (Lipinski definition) is 3. The van der Waals surface area contributed by atoms with Crippen molar-refractivity contribution < 1.29 is 8.42 Å². The fourth-order valence-corrected chi connectivity index (χ4v) is 2.88. The van der Waals surface area contributed by atoms with Gasteiger partial charge in [0.1, 0.15) is 9.84 Å². The predicted octanol–water partition coefficient (Wildman–Crippen LogP) is 3.12. The zero-order chi connectivity index (χ0) is 14.5. The van der Waals surface area contributed by atoms with Crippen LogP contribution in [0.2, 0.25) is 5.02 Å². The Labute approximate surface area is 121 Å². The Morgan fingerprint density at radius 3 is 2.63 bits per heavy atom. The molecule has 1 rings (SSSR count). The highest BCUT2D eigenvalue weighted by Crippen LogP contribution is 2.28. The molecule has 0 fully saturated rings. The number of sulfone groups is 1. The zero-order valence-corrected chi connectivity index (χ0v) is 13.3. The van der Waals surface area contributed by atoms with Crippen molar-refractivity contribution in [2.75, 3.05) is 18.6 Å². The van der Waals surface area contributed by atoms with Crippen LogP contribution < -0.4 is 5.32 Å². The van der Waals surface area contributed by atoms with Gasteiger partial charge in [0, 0.05) is 17.3 Å². The molecule has 1 N–H and O–H groups in total. The molecule has 1 aromatic carbocycles. The van der Waals surface area contributed by atoms with Gasteiger partial charge in [-0.25, -0.2) is 8.42 Å². The summed E-state index contributed by atoms with van der Waals surface area (Å²) in [6.07, 6.45) is 2.81. The first-order valence-electron chi connectivity index (χ1n) is 6.51. The molecule has 19 heavy (non-hydrogen) atoms. The minimum absolute atomic E-state index is 0.0120. The van der Waals surface area contributed by atoms with Crippen LogP contribution in [0.3, 0.4) is 0 Å². The molecule has 108 valence electrons. The highest BCUT2D eigenvalue weighted by molar-refractivity contribution is 7.90. The third kappa shape index (κ3) is 5.51. The monoisotopic (exact) mass is 303 g/mol. The van der Waals surface area contributed by atoms with Crippen molar-refractivity contribution in [3.8, 4) is 0 Å². The van der Waals surface area contributed by atoms with Gasteiger partial charge >= 0.3 is 0 Å². The summed E-state index contributed by atoms with van der Waals surface area (Å²) >= 11 is 6.33. The van der Waals surface area contributed by atoms with Crippen LogP contribution in [0.4, 0.5) is 0 Å². The second-order valence-corrected chi connectivity index (χ2v) is 7.54. The zero-order valence-electron chi connectivity index (χ0n) is 11.7. The van der Waals surface area contributed by atoms with E-state index >= 15 is 0 Å². The molecule has 0 aromatic heterocycles. The molecule has 0 bridgehead atoms. The van der Waals surface area contributed by atoms with E-state index in [0.717, 1.165) is 29.1 Å². The van der Waals surface area contributed by atoms with Gasteiger partial charge in [0.05, 0.1) is 5.75 Å². The minimum atomic E-state index is -2.96. The van der Waals surface area contributed by atoms with Crippen LogP contribution in [0, 0.1) is 6.92 Å². The standard InChI is InChI=1S/C14H22ClNO2S/c1-4-9-16-13(8-10-19(3,17)18)12-7-5-6-11(2)14(12)15/h5-7,13,16H,4,8-10H2,1-3H3. The Bertz CT molecular complexity index is 514. The lowest BCUT2D eigenvalue weighted by Crippen LogP contribution is -2.25. The van der Waals surface area contributed by atoms with E-state index < -0.39 is 9.84 Å². The summed E-state index contributed by atoms with van der Waals surface area (Å²) < 4.78 is 22.7. The molecule has 0 radical (unpaired) electrons. The fraction of sp³-hybridized carbons (Fsp3) is 0.571. The maximum absolute atomic E-state index is 11.3. The van der Waals surface area contributed by atoms with Crippen molar-refractivity contribution in [2.45, 2.75) is 32.7 Å². The van der Waals surface area contributed by atoms with E-state index in [2.05, 4.69) is 12.2 Å². The van der Waals surface area contributed by atoms with Gasteiger partial charge in [-0.15, -0.1) is 0 Å². The topological polar surface area (TPSA) is 46.2 Å². The summed E-state index contributed by atoms with van der Waals surface area (Å²) in [5, 5.41) is 4.10. The van der Waals surface area contributed by atoms with E-state index in [1.165, 1.54) is 6.26 Å². The van der Waals surface area contributed by atoms with E-state index in [0.29, 0.717) is 6.42 Å². The summed E-state index contributed by atoms with van der Waals surface area (Å²) in [7, 11) is -2.96. The molecule has 1 aromatic rings. The lowest BCUT2D eigenvalue weighted by Gasteiger charge is -2.20. The second-order valence-electron chi connectivity index (χ2n) is 4.90. The molecule has 0 saturated carbocycles. The van der Waals surface area contributed by atoms with Gasteiger partial charge in [-0.1, -0.05) is 36.7 Å². The molecule has 0 aliphatic rings. The number of aryl methyl sites for hydroxylation is 1. The molecule has 0 heterocycles. The van der Waals surface area contributed by atoms with Gasteiger partial charge in [-0.2, -0.15) is 0 Å². The fourth-order valence-electron chi connectivity index (χ4n) is 1.96. The van der Waals surface area contributed by atoms with E-state index in [1.807, 2.05) is 25.1 Å². The quantitative estimate of drug-likeness (QED) is 0.842. The van der Waals surface area contributed by atoms with E-state index in [1.54, 1.807) is 0 Å². The van der Waals surface area contributed by atoms with E-state index in [4.69, 9.17) is 11.6 Å². The molecule has 1 unspecified atom stereocenters. The molecule has 0 aliphatic heterocycles. The molecular weight excluding hydrogens is 282 g/mol. The maximum Gasteiger partial charge on any atom is 0.147 e. The van der Waals surface area contributed by atoms with Crippen molar-refractivity contribution in [1.82, 2.24) is 5.32 Å². The Kier molecular flexibility index (Phi) is 6.30. The first kappa shape index (κ1) is 16.5. The van der Waals surface area contributed by atoms with Crippen molar-refractivity contribution in [1.29, 1.82) is 0 Å². The second kappa shape index (κ2) is 7.27. The first-order valence-corrected chi connectivity index (χ1v) is 8.95. The summed E-state index contributed by atoms with van der Waals surface area (Å²) in [4.78, 5) is 0. The maximum atomic E-state index is 11.3. The van der Waals surface area contributed by atoms with Crippen LogP contribution in [0.5, 0.6) is 0 Å². The minimum Gasteiger partial charge on any atom is -0.310 e. The first-order chi connectivity index (χ1) is 8.85. The molecule has 0 aliphatic carbocycles. The van der Waals surface area contributed by atoms with Crippen molar-refractivity contribution in [3.05, 3.63) is 34.3 Å². The van der Waals surface area contributed by atoms with Crippen molar-refractivity contribution >= 4 is 21.4 Å². The summed E-state index contributed by atoms with van der Waals surface area (Å²) in [5.74, 6) is 0.165. The third-order valence-electron chi connectivity index (χ3n) is 3.02. The Morgan fingerprint density at radius 2 is 2.05 bits per heavy atom. The SMILES string of the molecule is CCCNC(CCS(C)(=O)=O)c1cccc(C)c1Cl. The van der Waals surface area contributed by atoms with Gasteiger partial charge in [-0.05, 0) is 37.4 Å². The summed E-state index contributed by atoms with van der Waals surface area (Å²) in [5.41, 5.74) is 2.00. The van der Waals surface area contributed by atoms with Crippen LogP contribution in [-0.4, -0.2) is 27.0 Å².